The molecule has 8 rings (SSSR count). The van der Waals surface area contributed by atoms with Gasteiger partial charge in [0.1, 0.15) is 0 Å². The Balaban J connectivity index is 1.27. The smallest absolute Gasteiger partial charge is 0.0327 e. The number of hydrogen-bond donors (Lipinski definition) is 0. The lowest BCUT2D eigenvalue weighted by Crippen LogP contribution is -2.11. The average Bonchev–Trinajstić information content (AvgIpc) is 3.17. The van der Waals surface area contributed by atoms with Gasteiger partial charge in [0.2, 0.25) is 0 Å². The van der Waals surface area contributed by atoms with Crippen molar-refractivity contribution >= 4 is 43.1 Å². The van der Waals surface area contributed by atoms with Crippen LogP contribution in [0.5, 0.6) is 0 Å². The molecular weight excluding hydrogens is 697 g/mol. The Labute approximate surface area is 347 Å². The van der Waals surface area contributed by atoms with E-state index in [0.29, 0.717) is 0 Å². The molecule has 0 spiro atoms. The fourth-order valence-electron chi connectivity index (χ4n) is 8.24. The molecule has 8 aromatic rings. The van der Waals surface area contributed by atoms with Crippen LogP contribution >= 0.6 is 0 Å². The van der Waals surface area contributed by atoms with Crippen LogP contribution in [-0.4, -0.2) is 0 Å². The van der Waals surface area contributed by atoms with Crippen LogP contribution in [0.25, 0.3) is 65.3 Å². The van der Waals surface area contributed by atoms with Gasteiger partial charge in [-0.25, -0.2) is 0 Å². The monoisotopic (exact) mass is 754 g/mol. The lowest BCUT2D eigenvalue weighted by molar-refractivity contribution is 0.590. The summed E-state index contributed by atoms with van der Waals surface area (Å²) < 4.78 is 0. The van der Waals surface area contributed by atoms with Gasteiger partial charge < -0.3 is 0 Å². The van der Waals surface area contributed by atoms with E-state index in [1.165, 1.54) is 87.6 Å². The summed E-state index contributed by atoms with van der Waals surface area (Å²) in [6, 6.07) is 50.6. The van der Waals surface area contributed by atoms with Crippen molar-refractivity contribution in [2.24, 2.45) is 0 Å². The van der Waals surface area contributed by atoms with E-state index < -0.39 is 0 Å². The van der Waals surface area contributed by atoms with Crippen molar-refractivity contribution in [1.82, 2.24) is 0 Å². The number of hydrogen-bond acceptors (Lipinski definition) is 0. The maximum Gasteiger partial charge on any atom is 0.0327 e. The van der Waals surface area contributed by atoms with Gasteiger partial charge in [0.15, 0.2) is 0 Å². The minimum Gasteiger partial charge on any atom is -0.0610 e. The van der Waals surface area contributed by atoms with Gasteiger partial charge in [-0.2, -0.15) is 0 Å². The molecule has 58 heavy (non-hydrogen) atoms. The van der Waals surface area contributed by atoms with Crippen LogP contribution in [0.4, 0.5) is 0 Å². The topological polar surface area (TPSA) is 0 Å². The zero-order valence-electron chi connectivity index (χ0n) is 36.7. The molecule has 0 atom stereocenters. The molecular formula is C58H58. The van der Waals surface area contributed by atoms with Crippen LogP contribution in [0.1, 0.15) is 116 Å². The highest BCUT2D eigenvalue weighted by molar-refractivity contribution is 6.10. The molecule has 290 valence electrons. The Hall–Kier alpha value is -5.64. The first kappa shape index (κ1) is 39.2. The van der Waals surface area contributed by atoms with Crippen LogP contribution < -0.4 is 0 Å². The van der Waals surface area contributed by atoms with E-state index in [-0.39, 0.29) is 21.7 Å². The molecule has 0 heteroatoms. The second-order valence-corrected chi connectivity index (χ2v) is 20.6. The van der Waals surface area contributed by atoms with Crippen molar-refractivity contribution in [3.63, 3.8) is 0 Å². The summed E-state index contributed by atoms with van der Waals surface area (Å²) in [7, 11) is 0. The fraction of sp³-hybridized carbons (Fsp3) is 0.276. The quantitative estimate of drug-likeness (QED) is 0.122. The van der Waals surface area contributed by atoms with Crippen molar-refractivity contribution in [2.45, 2.75) is 105 Å². The summed E-state index contributed by atoms with van der Waals surface area (Å²) in [6.07, 6.45) is 0. The maximum absolute atomic E-state index is 3.71. The largest absolute Gasteiger partial charge is 0.0610 e. The Morgan fingerprint density at radius 2 is 0.586 bits per heavy atom. The molecule has 0 aliphatic heterocycles. The van der Waals surface area contributed by atoms with Crippen LogP contribution in [0.15, 0.2) is 133 Å². The highest BCUT2D eigenvalue weighted by Gasteiger charge is 2.20. The minimum absolute atomic E-state index is 0.00277. The summed E-state index contributed by atoms with van der Waals surface area (Å²) in [5.41, 5.74) is 12.3. The van der Waals surface area contributed by atoms with Crippen LogP contribution in [0.3, 0.4) is 0 Å². The van der Waals surface area contributed by atoms with Gasteiger partial charge in [0.05, 0.1) is 0 Å². The molecule has 0 saturated carbocycles. The Morgan fingerprint density at radius 3 is 0.948 bits per heavy atom. The summed E-state index contributed by atoms with van der Waals surface area (Å²) in [4.78, 5) is 0. The lowest BCUT2D eigenvalue weighted by atomic mass is 9.83. The van der Waals surface area contributed by atoms with Crippen molar-refractivity contribution in [2.75, 3.05) is 0 Å². The van der Waals surface area contributed by atoms with Gasteiger partial charge in [-0.15, -0.1) is 0 Å². The van der Waals surface area contributed by atoms with Crippen LogP contribution in [0, 0.1) is 11.8 Å². The molecule has 0 saturated heterocycles. The third-order valence-electron chi connectivity index (χ3n) is 12.1. The van der Waals surface area contributed by atoms with E-state index >= 15 is 0 Å². The molecule has 0 unspecified atom stereocenters. The summed E-state index contributed by atoms with van der Waals surface area (Å²) in [6.45, 7) is 27.4. The van der Waals surface area contributed by atoms with Crippen molar-refractivity contribution in [3.8, 4) is 34.1 Å². The summed E-state index contributed by atoms with van der Waals surface area (Å²) in [5, 5.41) is 10.2. The number of benzene rings is 8. The standard InChI is InChI=1S/C58H58/c1-55(2,3)45-25-19-37(51(33-45)43-23-29-49-41(31-43)17-15-39-21-27-47(35-53(39)49)57(7,8)9)13-14-38-20-26-46(56(4,5)6)34-52(38)44-24-30-50-42(32-44)18-16-40-22-28-48(36-54(40)50)58(10,11)12/h15-36H,1-12H3. The molecule has 0 bridgehead atoms. The van der Waals surface area contributed by atoms with Crippen LogP contribution in [0.2, 0.25) is 0 Å². The maximum atomic E-state index is 3.71. The Kier molecular flexibility index (Phi) is 9.48. The van der Waals surface area contributed by atoms with E-state index in [1.807, 2.05) is 0 Å². The van der Waals surface area contributed by atoms with Gasteiger partial charge in [-0.05, 0) is 146 Å². The highest BCUT2D eigenvalue weighted by Crippen LogP contribution is 2.38. The van der Waals surface area contributed by atoms with Crippen molar-refractivity contribution in [3.05, 3.63) is 167 Å². The molecule has 0 radical (unpaired) electrons. The molecule has 0 fully saturated rings. The van der Waals surface area contributed by atoms with Gasteiger partial charge in [0.25, 0.3) is 0 Å². The van der Waals surface area contributed by atoms with E-state index in [2.05, 4.69) is 228 Å². The second-order valence-electron chi connectivity index (χ2n) is 20.6. The van der Waals surface area contributed by atoms with Crippen molar-refractivity contribution in [1.29, 1.82) is 0 Å². The molecule has 8 aromatic carbocycles. The molecule has 0 nitrogen and oxygen atoms in total. The van der Waals surface area contributed by atoms with Crippen molar-refractivity contribution < 1.29 is 0 Å². The molecule has 0 aliphatic carbocycles. The normalized spacial score (nSPS) is 12.7. The van der Waals surface area contributed by atoms with Crippen LogP contribution in [-0.2, 0) is 21.7 Å². The Morgan fingerprint density at radius 1 is 0.276 bits per heavy atom. The highest BCUT2D eigenvalue weighted by atomic mass is 14.2. The first-order valence-electron chi connectivity index (χ1n) is 21.0. The summed E-state index contributed by atoms with van der Waals surface area (Å²) >= 11 is 0. The molecule has 0 heterocycles. The predicted molar refractivity (Wildman–Crippen MR) is 255 cm³/mol. The zero-order chi connectivity index (χ0) is 41.4. The van der Waals surface area contributed by atoms with Gasteiger partial charge in [-0.1, -0.05) is 192 Å². The molecule has 0 N–H and O–H groups in total. The number of fused-ring (bicyclic) bond motifs is 6. The predicted octanol–water partition coefficient (Wildman–Crippen LogP) is 16.2. The lowest BCUT2D eigenvalue weighted by Gasteiger charge is -2.21. The number of rotatable bonds is 2. The molecule has 0 amide bonds. The first-order valence-corrected chi connectivity index (χ1v) is 21.0. The molecule has 0 aromatic heterocycles. The fourth-order valence-corrected chi connectivity index (χ4v) is 8.24. The SMILES string of the molecule is CC(C)(C)c1ccc(C#Cc2ccc(C(C)(C)C)cc2-c2ccc3c(ccc4ccc(C(C)(C)C)cc43)c2)c(-c2ccc3c(ccc4ccc(C(C)(C)C)cc43)c2)c1. The van der Waals surface area contributed by atoms with E-state index in [4.69, 9.17) is 0 Å². The molecule has 0 aliphatic rings. The van der Waals surface area contributed by atoms with Gasteiger partial charge in [0, 0.05) is 11.1 Å². The third kappa shape index (κ3) is 7.56. The van der Waals surface area contributed by atoms with Gasteiger partial charge >= 0.3 is 0 Å². The van der Waals surface area contributed by atoms with E-state index in [1.54, 1.807) is 0 Å². The zero-order valence-corrected chi connectivity index (χ0v) is 36.7. The second kappa shape index (κ2) is 14.0. The first-order chi connectivity index (χ1) is 27.2. The average molecular weight is 755 g/mol. The van der Waals surface area contributed by atoms with E-state index in [0.717, 1.165) is 11.1 Å². The third-order valence-corrected chi connectivity index (χ3v) is 12.1. The van der Waals surface area contributed by atoms with Gasteiger partial charge in [-0.3, -0.25) is 0 Å². The summed E-state index contributed by atoms with van der Waals surface area (Å²) in [5.74, 6) is 7.42. The minimum atomic E-state index is 0.00277. The van der Waals surface area contributed by atoms with E-state index in [9.17, 15) is 0 Å². The Bertz CT molecular complexity index is 2760.